The van der Waals surface area contributed by atoms with Crippen molar-refractivity contribution in [1.29, 1.82) is 0 Å². The van der Waals surface area contributed by atoms with E-state index < -0.39 is 0 Å². The number of hydrogen-bond acceptors (Lipinski definition) is 0. The van der Waals surface area contributed by atoms with Crippen LogP contribution in [-0.4, -0.2) is 21.4 Å². The minimum atomic E-state index is 0.250. The van der Waals surface area contributed by atoms with Crippen molar-refractivity contribution in [2.75, 3.05) is 0 Å². The molecule has 0 saturated heterocycles. The molecule has 0 atom stereocenters. The maximum absolute atomic E-state index is 10.1. The molecule has 0 N–H and O–H groups in total. The molecular formula is C2H3ClFSn. The first-order valence-corrected chi connectivity index (χ1v) is 4.43. The Morgan fingerprint density at radius 3 is 1.80 bits per heavy atom. The number of halogens is 2. The van der Waals surface area contributed by atoms with E-state index in [0.29, 0.717) is 0 Å². The van der Waals surface area contributed by atoms with Crippen LogP contribution >= 0.6 is 8.92 Å². The van der Waals surface area contributed by atoms with Crippen LogP contribution < -0.4 is 0 Å². The van der Waals surface area contributed by atoms with Crippen LogP contribution in [-0.2, 0) is 0 Å². The molecule has 0 aliphatic heterocycles. The third-order valence-corrected chi connectivity index (χ3v) is 0. The van der Waals surface area contributed by atoms with Gasteiger partial charge in [-0.25, -0.2) is 4.39 Å². The van der Waals surface area contributed by atoms with E-state index in [1.165, 1.54) is 0 Å². The normalized spacial score (nSPS) is 3.80. The second-order valence-corrected chi connectivity index (χ2v) is 0.154. The summed E-state index contributed by atoms with van der Waals surface area (Å²) in [6, 6.07) is 0. The molecule has 0 aromatic rings. The van der Waals surface area contributed by atoms with Gasteiger partial charge in [0.05, 0.1) is 6.33 Å². The standard InChI is InChI=1S/C2H3F.ClH.Sn/c1-2-3;;/h2H,1H2;1H;/q;;+1/p-1. The summed E-state index contributed by atoms with van der Waals surface area (Å²) in [7, 11) is 4.73. The molecule has 29 valence electrons. The Hall–Kier alpha value is 0.759. The predicted molar refractivity (Wildman–Crippen MR) is 22.9 cm³/mol. The zero-order valence-electron chi connectivity index (χ0n) is 2.54. The van der Waals surface area contributed by atoms with Gasteiger partial charge < -0.3 is 0 Å². The Labute approximate surface area is 47.8 Å². The van der Waals surface area contributed by atoms with Crippen molar-refractivity contribution in [1.82, 2.24) is 0 Å². The van der Waals surface area contributed by atoms with Gasteiger partial charge in [0.2, 0.25) is 0 Å². The predicted octanol–water partition coefficient (Wildman–Crippen LogP) is 1.41. The molecule has 0 aromatic heterocycles. The van der Waals surface area contributed by atoms with Crippen molar-refractivity contribution < 1.29 is 4.39 Å². The van der Waals surface area contributed by atoms with Crippen LogP contribution in [0.3, 0.4) is 0 Å². The summed E-state index contributed by atoms with van der Waals surface area (Å²) in [6.45, 7) is 2.69. The van der Waals surface area contributed by atoms with Crippen molar-refractivity contribution in [3.8, 4) is 0 Å². The first kappa shape index (κ1) is 9.23. The zero-order valence-corrected chi connectivity index (χ0v) is 6.15. The molecule has 0 bridgehead atoms. The fraction of sp³-hybridized carbons (Fsp3) is 0. The second kappa shape index (κ2) is 21.7. The molecule has 0 aliphatic rings. The Bertz CT molecular complexity index is 17.1. The summed E-state index contributed by atoms with van der Waals surface area (Å²) in [5.41, 5.74) is 0. The van der Waals surface area contributed by atoms with Crippen LogP contribution in [0.25, 0.3) is 0 Å². The van der Waals surface area contributed by atoms with E-state index in [4.69, 9.17) is 8.92 Å². The van der Waals surface area contributed by atoms with Crippen LogP contribution in [0, 0.1) is 0 Å². The molecule has 0 unspecified atom stereocenters. The van der Waals surface area contributed by atoms with Crippen LogP contribution in [0.2, 0.25) is 0 Å². The summed E-state index contributed by atoms with van der Waals surface area (Å²) in [6.07, 6.45) is 0.250. The van der Waals surface area contributed by atoms with Crippen LogP contribution in [0.15, 0.2) is 12.9 Å². The summed E-state index contributed by atoms with van der Waals surface area (Å²) >= 11 is 1.02. The molecule has 3 radical (unpaired) electrons. The van der Waals surface area contributed by atoms with Crippen molar-refractivity contribution in [3.05, 3.63) is 12.9 Å². The molecule has 5 heavy (non-hydrogen) atoms. The van der Waals surface area contributed by atoms with Crippen molar-refractivity contribution in [2.24, 2.45) is 0 Å². The van der Waals surface area contributed by atoms with Gasteiger partial charge in [0.25, 0.3) is 0 Å². The fourth-order valence-electron chi connectivity index (χ4n) is 0. The molecule has 0 heterocycles. The van der Waals surface area contributed by atoms with E-state index in [0.717, 1.165) is 21.4 Å². The Balaban J connectivity index is 0. The number of rotatable bonds is 0. The summed E-state index contributed by atoms with van der Waals surface area (Å²) < 4.78 is 10.1. The monoisotopic (exact) mass is 201 g/mol. The average Bonchev–Trinajstić information content (AvgIpc) is 1.46. The van der Waals surface area contributed by atoms with Gasteiger partial charge in [0.1, 0.15) is 0 Å². The molecule has 0 aromatic carbocycles. The molecule has 0 saturated carbocycles. The summed E-state index contributed by atoms with van der Waals surface area (Å²) in [5, 5.41) is 0. The summed E-state index contributed by atoms with van der Waals surface area (Å²) in [5.74, 6) is 0. The first-order valence-electron chi connectivity index (χ1n) is 0.815. The van der Waals surface area contributed by atoms with Crippen LogP contribution in [0.5, 0.6) is 0 Å². The number of hydrogen-bond donors (Lipinski definition) is 0. The third kappa shape index (κ3) is 62.9. The van der Waals surface area contributed by atoms with E-state index >= 15 is 0 Å². The van der Waals surface area contributed by atoms with Gasteiger partial charge >= 0.3 is 30.3 Å². The van der Waals surface area contributed by atoms with Gasteiger partial charge in [-0.2, -0.15) is 0 Å². The van der Waals surface area contributed by atoms with Gasteiger partial charge in [0, 0.05) is 0 Å². The molecule has 0 aliphatic carbocycles. The Morgan fingerprint density at radius 1 is 1.80 bits per heavy atom. The maximum atomic E-state index is 10.1. The average molecular weight is 200 g/mol. The Morgan fingerprint density at radius 2 is 1.80 bits per heavy atom. The topological polar surface area (TPSA) is 0 Å². The second-order valence-electron chi connectivity index (χ2n) is 0.154. The van der Waals surface area contributed by atoms with Gasteiger partial charge in [-0.3, -0.25) is 0 Å². The third-order valence-electron chi connectivity index (χ3n) is 0. The fourth-order valence-corrected chi connectivity index (χ4v) is 0. The van der Waals surface area contributed by atoms with Crippen molar-refractivity contribution in [3.63, 3.8) is 0 Å². The first-order chi connectivity index (χ1) is 2.41. The van der Waals surface area contributed by atoms with Gasteiger partial charge in [-0.05, 0) is 0 Å². The Kier molecular flexibility index (Phi) is 40.1. The van der Waals surface area contributed by atoms with Gasteiger partial charge in [0.15, 0.2) is 0 Å². The molecule has 0 fully saturated rings. The molecule has 0 rings (SSSR count). The molecule has 0 spiro atoms. The molecule has 0 nitrogen and oxygen atoms in total. The zero-order chi connectivity index (χ0) is 4.71. The van der Waals surface area contributed by atoms with Crippen LogP contribution in [0.1, 0.15) is 0 Å². The van der Waals surface area contributed by atoms with E-state index in [1.54, 1.807) is 0 Å². The quantitative estimate of drug-likeness (QED) is 0.519. The van der Waals surface area contributed by atoms with Gasteiger partial charge in [-0.1, -0.05) is 6.58 Å². The van der Waals surface area contributed by atoms with Crippen LogP contribution in [0.4, 0.5) is 4.39 Å². The van der Waals surface area contributed by atoms with Crippen molar-refractivity contribution >= 4 is 30.3 Å². The summed E-state index contributed by atoms with van der Waals surface area (Å²) in [4.78, 5) is 0. The SMILES string of the molecule is C=CF.[Cl][Sn]. The van der Waals surface area contributed by atoms with Gasteiger partial charge in [-0.15, -0.1) is 0 Å². The van der Waals surface area contributed by atoms with Crippen molar-refractivity contribution in [2.45, 2.75) is 0 Å². The minimum absolute atomic E-state index is 0.250. The van der Waals surface area contributed by atoms with E-state index in [-0.39, 0.29) is 6.33 Å². The molecular weight excluding hydrogens is 197 g/mol. The molecule has 0 amide bonds. The van der Waals surface area contributed by atoms with E-state index in [2.05, 4.69) is 6.58 Å². The van der Waals surface area contributed by atoms with E-state index in [9.17, 15) is 4.39 Å². The van der Waals surface area contributed by atoms with E-state index in [1.807, 2.05) is 0 Å². The molecule has 3 heteroatoms.